The standard InChI is InChI=1S/C5H10Cl2O/c1-2-3-5(6,7)4-8/h8H,2-4H2,1H3. The monoisotopic (exact) mass is 156 g/mol. The Kier molecular flexibility index (Phi) is 3.78. The van der Waals surface area contributed by atoms with Gasteiger partial charge in [-0.1, -0.05) is 36.5 Å². The van der Waals surface area contributed by atoms with E-state index < -0.39 is 4.33 Å². The smallest absolute Gasteiger partial charge is 0.141 e. The van der Waals surface area contributed by atoms with E-state index in [4.69, 9.17) is 28.3 Å². The van der Waals surface area contributed by atoms with Crippen LogP contribution in [0.1, 0.15) is 19.8 Å². The van der Waals surface area contributed by atoms with Gasteiger partial charge in [0.15, 0.2) is 0 Å². The van der Waals surface area contributed by atoms with E-state index in [9.17, 15) is 0 Å². The van der Waals surface area contributed by atoms with Crippen molar-refractivity contribution >= 4 is 23.2 Å². The van der Waals surface area contributed by atoms with Crippen LogP contribution in [0.15, 0.2) is 0 Å². The van der Waals surface area contributed by atoms with Crippen LogP contribution in [0, 0.1) is 0 Å². The van der Waals surface area contributed by atoms with Gasteiger partial charge in [0.1, 0.15) is 4.33 Å². The Morgan fingerprint density at radius 3 is 2.12 bits per heavy atom. The summed E-state index contributed by atoms with van der Waals surface area (Å²) in [5.41, 5.74) is 0. The number of rotatable bonds is 3. The fourth-order valence-electron chi connectivity index (χ4n) is 0.445. The Bertz CT molecular complexity index is 63.4. The highest BCUT2D eigenvalue weighted by Crippen LogP contribution is 2.25. The topological polar surface area (TPSA) is 20.2 Å². The average Bonchev–Trinajstić information content (AvgIpc) is 1.67. The number of halogens is 2. The van der Waals surface area contributed by atoms with Gasteiger partial charge in [0.05, 0.1) is 6.61 Å². The molecule has 0 atom stereocenters. The zero-order valence-electron chi connectivity index (χ0n) is 4.82. The predicted octanol–water partition coefficient (Wildman–Crippen LogP) is 1.95. The van der Waals surface area contributed by atoms with Crippen LogP contribution in [0.2, 0.25) is 0 Å². The lowest BCUT2D eigenvalue weighted by atomic mass is 10.2. The van der Waals surface area contributed by atoms with Gasteiger partial charge >= 0.3 is 0 Å². The van der Waals surface area contributed by atoms with Gasteiger partial charge in [0.25, 0.3) is 0 Å². The summed E-state index contributed by atoms with van der Waals surface area (Å²) in [6.07, 6.45) is 1.54. The van der Waals surface area contributed by atoms with E-state index in [1.165, 1.54) is 0 Å². The van der Waals surface area contributed by atoms with Crippen LogP contribution in [0.4, 0.5) is 0 Å². The number of hydrogen-bond acceptors (Lipinski definition) is 1. The minimum absolute atomic E-state index is 0.163. The lowest BCUT2D eigenvalue weighted by Crippen LogP contribution is -2.17. The molecule has 0 aliphatic heterocycles. The molecule has 0 bridgehead atoms. The zero-order valence-corrected chi connectivity index (χ0v) is 6.34. The van der Waals surface area contributed by atoms with Gasteiger partial charge in [-0.2, -0.15) is 0 Å². The summed E-state index contributed by atoms with van der Waals surface area (Å²) in [6, 6.07) is 0. The molecular weight excluding hydrogens is 147 g/mol. The third-order valence-corrected chi connectivity index (χ3v) is 1.46. The molecule has 1 nitrogen and oxygen atoms in total. The maximum Gasteiger partial charge on any atom is 0.141 e. The first-order valence-corrected chi connectivity index (χ1v) is 3.36. The van der Waals surface area contributed by atoms with Crippen molar-refractivity contribution in [2.45, 2.75) is 24.1 Å². The molecule has 0 rings (SSSR count). The van der Waals surface area contributed by atoms with E-state index in [2.05, 4.69) is 0 Å². The molecule has 0 radical (unpaired) electrons. The number of aliphatic hydroxyl groups excluding tert-OH is 1. The van der Waals surface area contributed by atoms with Crippen LogP contribution in [-0.4, -0.2) is 16.0 Å². The van der Waals surface area contributed by atoms with E-state index in [-0.39, 0.29) is 6.61 Å². The highest BCUT2D eigenvalue weighted by molar-refractivity contribution is 6.48. The van der Waals surface area contributed by atoms with Crippen LogP contribution in [0.3, 0.4) is 0 Å². The Hall–Kier alpha value is 0.540. The summed E-state index contributed by atoms with van der Waals surface area (Å²) >= 11 is 11.1. The second-order valence-corrected chi connectivity index (χ2v) is 3.40. The molecule has 0 aliphatic carbocycles. The molecule has 3 heteroatoms. The van der Waals surface area contributed by atoms with Gasteiger partial charge in [0.2, 0.25) is 0 Å². The molecule has 0 saturated carbocycles. The van der Waals surface area contributed by atoms with Gasteiger partial charge < -0.3 is 5.11 Å². The highest BCUT2D eigenvalue weighted by Gasteiger charge is 2.20. The number of hydrogen-bond donors (Lipinski definition) is 1. The third kappa shape index (κ3) is 3.53. The van der Waals surface area contributed by atoms with Gasteiger partial charge in [-0.15, -0.1) is 0 Å². The van der Waals surface area contributed by atoms with Gasteiger partial charge in [-0.25, -0.2) is 0 Å². The van der Waals surface area contributed by atoms with Crippen LogP contribution < -0.4 is 0 Å². The molecule has 50 valence electrons. The molecule has 0 heterocycles. The largest absolute Gasteiger partial charge is 0.393 e. The lowest BCUT2D eigenvalue weighted by molar-refractivity contribution is 0.273. The summed E-state index contributed by atoms with van der Waals surface area (Å²) < 4.78 is -0.908. The molecule has 8 heavy (non-hydrogen) atoms. The minimum atomic E-state index is -0.908. The molecule has 0 saturated heterocycles. The van der Waals surface area contributed by atoms with E-state index >= 15 is 0 Å². The first-order valence-electron chi connectivity index (χ1n) is 2.61. The van der Waals surface area contributed by atoms with Crippen LogP contribution >= 0.6 is 23.2 Å². The summed E-state index contributed by atoms with van der Waals surface area (Å²) in [5.74, 6) is 0. The molecule has 0 aliphatic rings. The fourth-order valence-corrected chi connectivity index (χ4v) is 0.823. The minimum Gasteiger partial charge on any atom is -0.393 e. The van der Waals surface area contributed by atoms with Crippen molar-refractivity contribution in [2.75, 3.05) is 6.61 Å². The summed E-state index contributed by atoms with van der Waals surface area (Å²) in [7, 11) is 0. The Morgan fingerprint density at radius 2 is 2.00 bits per heavy atom. The molecule has 0 aromatic heterocycles. The molecule has 0 amide bonds. The Balaban J connectivity index is 3.37. The summed E-state index contributed by atoms with van der Waals surface area (Å²) in [4.78, 5) is 0. The van der Waals surface area contributed by atoms with Crippen LogP contribution in [0.25, 0.3) is 0 Å². The Morgan fingerprint density at radius 1 is 1.50 bits per heavy atom. The summed E-state index contributed by atoms with van der Waals surface area (Å²) in [6.45, 7) is 1.80. The van der Waals surface area contributed by atoms with Gasteiger partial charge in [-0.05, 0) is 6.42 Å². The maximum absolute atomic E-state index is 8.46. The zero-order chi connectivity index (χ0) is 6.62. The summed E-state index contributed by atoms with van der Waals surface area (Å²) in [5, 5.41) is 8.46. The third-order valence-electron chi connectivity index (χ3n) is 0.847. The average molecular weight is 157 g/mol. The highest BCUT2D eigenvalue weighted by atomic mass is 35.5. The van der Waals surface area contributed by atoms with Crippen LogP contribution in [0.5, 0.6) is 0 Å². The molecule has 0 unspecified atom stereocenters. The van der Waals surface area contributed by atoms with Crippen molar-refractivity contribution in [1.82, 2.24) is 0 Å². The number of aliphatic hydroxyl groups is 1. The molecule has 0 aromatic carbocycles. The SMILES string of the molecule is CCCC(Cl)(Cl)CO. The van der Waals surface area contributed by atoms with Crippen molar-refractivity contribution in [1.29, 1.82) is 0 Å². The van der Waals surface area contributed by atoms with E-state index in [1.807, 2.05) is 6.92 Å². The van der Waals surface area contributed by atoms with Gasteiger partial charge in [0, 0.05) is 0 Å². The van der Waals surface area contributed by atoms with Gasteiger partial charge in [-0.3, -0.25) is 0 Å². The molecular formula is C5H10Cl2O. The maximum atomic E-state index is 8.46. The van der Waals surface area contributed by atoms with Crippen LogP contribution in [-0.2, 0) is 0 Å². The number of alkyl halides is 2. The molecule has 0 aromatic rings. The quantitative estimate of drug-likeness (QED) is 0.620. The normalized spacial score (nSPS) is 12.0. The van der Waals surface area contributed by atoms with Crippen molar-refractivity contribution in [3.63, 3.8) is 0 Å². The first kappa shape index (κ1) is 8.54. The Labute approximate surface area is 59.6 Å². The van der Waals surface area contributed by atoms with Crippen molar-refractivity contribution in [3.8, 4) is 0 Å². The van der Waals surface area contributed by atoms with E-state index in [1.54, 1.807) is 0 Å². The fraction of sp³-hybridized carbons (Fsp3) is 1.00. The predicted molar refractivity (Wildman–Crippen MR) is 36.4 cm³/mol. The second-order valence-electron chi connectivity index (χ2n) is 1.76. The van der Waals surface area contributed by atoms with Crippen molar-refractivity contribution in [3.05, 3.63) is 0 Å². The molecule has 0 spiro atoms. The molecule has 1 N–H and O–H groups in total. The second kappa shape index (κ2) is 3.54. The first-order chi connectivity index (χ1) is 3.62. The van der Waals surface area contributed by atoms with Crippen molar-refractivity contribution in [2.24, 2.45) is 0 Å². The molecule has 0 fully saturated rings. The van der Waals surface area contributed by atoms with E-state index in [0.29, 0.717) is 6.42 Å². The van der Waals surface area contributed by atoms with Crippen molar-refractivity contribution < 1.29 is 5.11 Å². The lowest BCUT2D eigenvalue weighted by Gasteiger charge is -2.13. The van der Waals surface area contributed by atoms with E-state index in [0.717, 1.165) is 6.42 Å².